The second-order valence-corrected chi connectivity index (χ2v) is 16.4. The van der Waals surface area contributed by atoms with Crippen molar-refractivity contribution < 1.29 is 4.42 Å². The minimum atomic E-state index is 0.374. The van der Waals surface area contributed by atoms with E-state index in [1.165, 1.54) is 61.0 Å². The number of para-hydroxylation sites is 2. The zero-order chi connectivity index (χ0) is 40.3. The SMILES string of the molecule is C1=C(c2cccc3ccccc23)C2CC2C(N(c2ccc(-c3ccc(-c4ccccc4)cc3)cc2)c2cc(-c3ccccc3)ccc2-c2cccc3c2oc2ccccc23)=C1. The number of furan rings is 1. The summed E-state index contributed by atoms with van der Waals surface area (Å²) in [4.78, 5) is 2.55. The summed E-state index contributed by atoms with van der Waals surface area (Å²) in [5.41, 5.74) is 17.6. The van der Waals surface area contributed by atoms with E-state index in [9.17, 15) is 0 Å². The molecule has 2 heteroatoms. The molecule has 0 N–H and O–H groups in total. The predicted octanol–water partition coefficient (Wildman–Crippen LogP) is 16.2. The highest BCUT2D eigenvalue weighted by Gasteiger charge is 2.47. The van der Waals surface area contributed by atoms with Crippen molar-refractivity contribution in [2.75, 3.05) is 4.90 Å². The predicted molar refractivity (Wildman–Crippen MR) is 256 cm³/mol. The van der Waals surface area contributed by atoms with Crippen LogP contribution in [0.2, 0.25) is 0 Å². The Balaban J connectivity index is 1.04. The van der Waals surface area contributed by atoms with Crippen LogP contribution < -0.4 is 4.90 Å². The number of nitrogens with zero attached hydrogens (tertiary/aromatic N) is 1. The molecule has 2 atom stereocenters. The van der Waals surface area contributed by atoms with E-state index in [-0.39, 0.29) is 0 Å². The van der Waals surface area contributed by atoms with Gasteiger partial charge in [-0.1, -0.05) is 194 Å². The van der Waals surface area contributed by atoms with Crippen LogP contribution in [0.25, 0.3) is 82.8 Å². The number of anilines is 2. The van der Waals surface area contributed by atoms with Gasteiger partial charge in [-0.25, -0.2) is 0 Å². The zero-order valence-corrected chi connectivity index (χ0v) is 33.6. The lowest BCUT2D eigenvalue weighted by Gasteiger charge is -2.32. The van der Waals surface area contributed by atoms with Crippen LogP contribution in [0.3, 0.4) is 0 Å². The fourth-order valence-electron chi connectivity index (χ4n) is 9.72. The Morgan fingerprint density at radius 1 is 0.393 bits per heavy atom. The van der Waals surface area contributed by atoms with Gasteiger partial charge < -0.3 is 9.32 Å². The van der Waals surface area contributed by atoms with Gasteiger partial charge in [-0.05, 0) is 98.0 Å². The largest absolute Gasteiger partial charge is 0.455 e. The average Bonchev–Trinajstić information content (AvgIpc) is 4.06. The molecule has 10 aromatic rings. The standard InChI is InChI=1S/C59H41NO/c1-3-13-39(14-4-1)41-25-27-42(28-26-41)43-29-32-46(33-30-43)60(56-36-35-49(54-38-55(54)56)48-21-11-18-44-17-7-8-19-47(44)48)57-37-45(40-15-5-2-6-16-40)31-34-50(57)52-22-12-23-53-51-20-9-10-24-58(51)61-59(52)53/h1-37,54-55H,38H2. The summed E-state index contributed by atoms with van der Waals surface area (Å²) in [7, 11) is 0. The van der Waals surface area contributed by atoms with E-state index in [1.807, 2.05) is 0 Å². The summed E-state index contributed by atoms with van der Waals surface area (Å²) in [5.74, 6) is 0.815. The summed E-state index contributed by atoms with van der Waals surface area (Å²) in [6.45, 7) is 0. The molecular weight excluding hydrogens is 739 g/mol. The van der Waals surface area contributed by atoms with Gasteiger partial charge in [-0.2, -0.15) is 0 Å². The van der Waals surface area contributed by atoms with Gasteiger partial charge in [-0.15, -0.1) is 0 Å². The number of allylic oxidation sites excluding steroid dienone is 4. The van der Waals surface area contributed by atoms with Crippen molar-refractivity contribution in [1.29, 1.82) is 0 Å². The van der Waals surface area contributed by atoms with Crippen molar-refractivity contribution in [3.05, 3.63) is 236 Å². The summed E-state index contributed by atoms with van der Waals surface area (Å²) in [6.07, 6.45) is 5.92. The molecule has 2 unspecified atom stereocenters. The monoisotopic (exact) mass is 779 g/mol. The van der Waals surface area contributed by atoms with Crippen LogP contribution >= 0.6 is 0 Å². The molecule has 61 heavy (non-hydrogen) atoms. The van der Waals surface area contributed by atoms with E-state index in [0.29, 0.717) is 11.8 Å². The molecule has 0 radical (unpaired) electrons. The van der Waals surface area contributed by atoms with Crippen molar-refractivity contribution >= 4 is 49.7 Å². The molecule has 2 aliphatic rings. The molecule has 0 spiro atoms. The van der Waals surface area contributed by atoms with Crippen molar-refractivity contribution in [2.45, 2.75) is 6.42 Å². The molecule has 0 saturated heterocycles. The van der Waals surface area contributed by atoms with Gasteiger partial charge in [0.25, 0.3) is 0 Å². The molecular formula is C59H41NO. The summed E-state index contributed by atoms with van der Waals surface area (Å²) in [6, 6.07) is 76.9. The van der Waals surface area contributed by atoms with Crippen LogP contribution in [-0.2, 0) is 0 Å². The maximum absolute atomic E-state index is 6.73. The maximum Gasteiger partial charge on any atom is 0.143 e. The quantitative estimate of drug-likeness (QED) is 0.153. The lowest BCUT2D eigenvalue weighted by molar-refractivity contribution is 0.670. The highest BCUT2D eigenvalue weighted by molar-refractivity contribution is 6.11. The van der Waals surface area contributed by atoms with E-state index in [0.717, 1.165) is 50.9 Å². The van der Waals surface area contributed by atoms with E-state index >= 15 is 0 Å². The van der Waals surface area contributed by atoms with Crippen LogP contribution in [0.15, 0.2) is 235 Å². The Bertz CT molecular complexity index is 3310. The normalized spacial score (nSPS) is 15.7. The van der Waals surface area contributed by atoms with E-state index in [1.54, 1.807) is 0 Å². The van der Waals surface area contributed by atoms with Gasteiger partial charge in [0.15, 0.2) is 0 Å². The number of hydrogen-bond donors (Lipinski definition) is 0. The smallest absolute Gasteiger partial charge is 0.143 e. The van der Waals surface area contributed by atoms with E-state index in [4.69, 9.17) is 4.42 Å². The first-order chi connectivity index (χ1) is 30.2. The van der Waals surface area contributed by atoms with Gasteiger partial charge in [0, 0.05) is 39.2 Å². The molecule has 2 aliphatic carbocycles. The molecule has 9 aromatic carbocycles. The van der Waals surface area contributed by atoms with Crippen LogP contribution in [0, 0.1) is 11.8 Å². The second kappa shape index (κ2) is 14.5. The first-order valence-electron chi connectivity index (χ1n) is 21.3. The Morgan fingerprint density at radius 2 is 0.951 bits per heavy atom. The minimum absolute atomic E-state index is 0.374. The molecule has 1 saturated carbocycles. The lowest BCUT2D eigenvalue weighted by Crippen LogP contribution is -2.21. The second-order valence-electron chi connectivity index (χ2n) is 16.4. The van der Waals surface area contributed by atoms with Crippen molar-refractivity contribution in [3.63, 3.8) is 0 Å². The number of benzene rings is 9. The Labute approximate surface area is 356 Å². The number of fused-ring (bicyclic) bond motifs is 5. The summed E-state index contributed by atoms with van der Waals surface area (Å²) >= 11 is 0. The molecule has 0 bridgehead atoms. The molecule has 0 amide bonds. The topological polar surface area (TPSA) is 16.4 Å². The fraction of sp³-hybridized carbons (Fsp3) is 0.0508. The third-order valence-corrected chi connectivity index (χ3v) is 12.9. The third kappa shape index (κ3) is 6.19. The van der Waals surface area contributed by atoms with Crippen LogP contribution in [0.4, 0.5) is 11.4 Å². The number of hydrogen-bond acceptors (Lipinski definition) is 2. The van der Waals surface area contributed by atoms with Crippen molar-refractivity contribution in [3.8, 4) is 44.5 Å². The molecule has 2 nitrogen and oxygen atoms in total. The van der Waals surface area contributed by atoms with Crippen LogP contribution in [-0.4, -0.2) is 0 Å². The molecule has 288 valence electrons. The summed E-state index contributed by atoms with van der Waals surface area (Å²) in [5, 5.41) is 4.86. The van der Waals surface area contributed by atoms with Gasteiger partial charge in [0.1, 0.15) is 11.2 Å². The van der Waals surface area contributed by atoms with Gasteiger partial charge in [0.2, 0.25) is 0 Å². The lowest BCUT2D eigenvalue weighted by atomic mass is 9.90. The zero-order valence-electron chi connectivity index (χ0n) is 33.6. The van der Waals surface area contributed by atoms with Gasteiger partial charge >= 0.3 is 0 Å². The molecule has 1 heterocycles. The Kier molecular flexibility index (Phi) is 8.41. The molecule has 1 fully saturated rings. The highest BCUT2D eigenvalue weighted by Crippen LogP contribution is 2.58. The molecule has 1 aromatic heterocycles. The fourth-order valence-corrected chi connectivity index (χ4v) is 9.72. The van der Waals surface area contributed by atoms with Crippen LogP contribution in [0.5, 0.6) is 0 Å². The third-order valence-electron chi connectivity index (χ3n) is 12.9. The van der Waals surface area contributed by atoms with Crippen LogP contribution in [0.1, 0.15) is 12.0 Å². The molecule has 12 rings (SSSR count). The van der Waals surface area contributed by atoms with Gasteiger partial charge in [-0.3, -0.25) is 0 Å². The first kappa shape index (κ1) is 35.3. The Morgan fingerprint density at radius 3 is 1.70 bits per heavy atom. The maximum atomic E-state index is 6.73. The van der Waals surface area contributed by atoms with E-state index in [2.05, 4.69) is 229 Å². The first-order valence-corrected chi connectivity index (χ1v) is 21.3. The average molecular weight is 780 g/mol. The van der Waals surface area contributed by atoms with Crippen molar-refractivity contribution in [2.24, 2.45) is 11.8 Å². The Hall–Kier alpha value is -7.68. The minimum Gasteiger partial charge on any atom is -0.455 e. The summed E-state index contributed by atoms with van der Waals surface area (Å²) < 4.78 is 6.73. The van der Waals surface area contributed by atoms with Crippen molar-refractivity contribution in [1.82, 2.24) is 0 Å². The highest BCUT2D eigenvalue weighted by atomic mass is 16.3. The van der Waals surface area contributed by atoms with E-state index < -0.39 is 0 Å². The van der Waals surface area contributed by atoms with Gasteiger partial charge in [0.05, 0.1) is 5.69 Å². The number of rotatable bonds is 8. The molecule has 0 aliphatic heterocycles.